The van der Waals surface area contributed by atoms with Gasteiger partial charge in [0.15, 0.2) is 0 Å². The Kier molecular flexibility index (Phi) is 3.49. The van der Waals surface area contributed by atoms with Crippen LogP contribution in [-0.2, 0) is 16.9 Å². The number of rotatable bonds is 2. The van der Waals surface area contributed by atoms with Gasteiger partial charge < -0.3 is 4.74 Å². The third kappa shape index (κ3) is 2.29. The van der Waals surface area contributed by atoms with Crippen LogP contribution in [0.4, 0.5) is 0 Å². The van der Waals surface area contributed by atoms with Gasteiger partial charge in [0.1, 0.15) is 6.73 Å². The lowest BCUT2D eigenvalue weighted by atomic mass is 9.87. The molecule has 0 fully saturated rings. The molecule has 0 saturated heterocycles. The Bertz CT molecular complexity index is 904. The molecule has 0 aliphatic heterocycles. The van der Waals surface area contributed by atoms with Gasteiger partial charge in [-0.05, 0) is 23.1 Å². The third-order valence-electron chi connectivity index (χ3n) is 3.94. The summed E-state index contributed by atoms with van der Waals surface area (Å²) in [5.74, 6) is 0. The maximum absolute atomic E-state index is 12.9. The smallest absolute Gasteiger partial charge is 0.262 e. The van der Waals surface area contributed by atoms with Gasteiger partial charge >= 0.3 is 0 Å². The average molecular weight is 296 g/mol. The van der Waals surface area contributed by atoms with Crippen LogP contribution in [0, 0.1) is 0 Å². The summed E-state index contributed by atoms with van der Waals surface area (Å²) < 4.78 is 6.86. The van der Waals surface area contributed by atoms with Crippen molar-refractivity contribution in [2.45, 2.75) is 32.9 Å². The molecule has 0 unspecified atom stereocenters. The zero-order valence-corrected chi connectivity index (χ0v) is 13.4. The van der Waals surface area contributed by atoms with Crippen molar-refractivity contribution in [3.05, 3.63) is 52.4 Å². The molecule has 0 radical (unpaired) electrons. The quantitative estimate of drug-likeness (QED) is 0.680. The van der Waals surface area contributed by atoms with Gasteiger partial charge in [-0.3, -0.25) is 14.3 Å². The predicted molar refractivity (Wildman–Crippen MR) is 89.2 cm³/mol. The highest BCUT2D eigenvalue weighted by molar-refractivity contribution is 6.03. The molecule has 0 saturated carbocycles. The van der Waals surface area contributed by atoms with Gasteiger partial charge in [-0.1, -0.05) is 39.0 Å². The van der Waals surface area contributed by atoms with Crippen molar-refractivity contribution in [1.82, 2.24) is 9.55 Å². The molecule has 3 rings (SSSR count). The molecule has 0 N–H and O–H groups in total. The lowest BCUT2D eigenvalue weighted by Crippen LogP contribution is -2.23. The lowest BCUT2D eigenvalue weighted by Gasteiger charge is -2.19. The van der Waals surface area contributed by atoms with Crippen molar-refractivity contribution in [1.29, 1.82) is 0 Å². The van der Waals surface area contributed by atoms with Crippen LogP contribution in [0.2, 0.25) is 0 Å². The highest BCUT2D eigenvalue weighted by atomic mass is 16.5. The third-order valence-corrected chi connectivity index (χ3v) is 3.94. The minimum Gasteiger partial charge on any atom is -0.364 e. The van der Waals surface area contributed by atoms with Crippen molar-refractivity contribution in [2.75, 3.05) is 7.11 Å². The van der Waals surface area contributed by atoms with E-state index in [4.69, 9.17) is 4.74 Å². The summed E-state index contributed by atoms with van der Waals surface area (Å²) >= 11 is 0. The molecule has 1 aromatic carbocycles. The molecule has 3 aromatic rings. The van der Waals surface area contributed by atoms with Crippen molar-refractivity contribution in [3.8, 4) is 0 Å². The number of pyridine rings is 2. The summed E-state index contributed by atoms with van der Waals surface area (Å²) in [6.45, 7) is 6.58. The highest BCUT2D eigenvalue weighted by Crippen LogP contribution is 2.26. The van der Waals surface area contributed by atoms with Crippen LogP contribution in [-0.4, -0.2) is 16.7 Å². The maximum Gasteiger partial charge on any atom is 0.262 e. The van der Waals surface area contributed by atoms with Gasteiger partial charge in [0, 0.05) is 18.7 Å². The second-order valence-electron chi connectivity index (χ2n) is 6.54. The van der Waals surface area contributed by atoms with Crippen LogP contribution in [0.15, 0.2) is 41.3 Å². The number of aromatic nitrogens is 2. The molecular formula is C18H20N2O2. The number of fused-ring (bicyclic) bond motifs is 3. The van der Waals surface area contributed by atoms with Crippen molar-refractivity contribution < 1.29 is 4.74 Å². The summed E-state index contributed by atoms with van der Waals surface area (Å²) in [7, 11) is 1.59. The Labute approximate surface area is 129 Å². The molecule has 4 heteroatoms. The fourth-order valence-corrected chi connectivity index (χ4v) is 2.67. The van der Waals surface area contributed by atoms with Crippen molar-refractivity contribution in [3.63, 3.8) is 0 Å². The largest absolute Gasteiger partial charge is 0.364 e. The van der Waals surface area contributed by atoms with E-state index in [0.29, 0.717) is 5.39 Å². The number of para-hydroxylation sites is 1. The van der Waals surface area contributed by atoms with Crippen LogP contribution >= 0.6 is 0 Å². The molecule has 0 spiro atoms. The standard InChI is InChI=1S/C18H20N2O2/c1-18(2,3)12-9-14-16(19-10-12)13-7-5-6-8-15(13)20(11-22-4)17(14)21/h5-10H,11H2,1-4H3. The minimum absolute atomic E-state index is 0.0502. The lowest BCUT2D eigenvalue weighted by molar-refractivity contribution is 0.132. The summed E-state index contributed by atoms with van der Waals surface area (Å²) in [6.07, 6.45) is 1.87. The molecular weight excluding hydrogens is 276 g/mol. The fourth-order valence-electron chi connectivity index (χ4n) is 2.67. The SMILES string of the molecule is COCn1c(=O)c2cc(C(C)(C)C)cnc2c2ccccc21. The minimum atomic E-state index is -0.0610. The Morgan fingerprint density at radius 1 is 1.18 bits per heavy atom. The van der Waals surface area contributed by atoms with E-state index in [1.165, 1.54) is 0 Å². The molecule has 114 valence electrons. The monoisotopic (exact) mass is 296 g/mol. The fraction of sp³-hybridized carbons (Fsp3) is 0.333. The predicted octanol–water partition coefficient (Wildman–Crippen LogP) is 3.45. The van der Waals surface area contributed by atoms with Crippen molar-refractivity contribution in [2.24, 2.45) is 0 Å². The first-order chi connectivity index (χ1) is 10.4. The zero-order chi connectivity index (χ0) is 15.9. The van der Waals surface area contributed by atoms with Gasteiger partial charge in [0.05, 0.1) is 16.4 Å². The van der Waals surface area contributed by atoms with Gasteiger partial charge in [0.2, 0.25) is 0 Å². The second kappa shape index (κ2) is 5.21. The summed E-state index contributed by atoms with van der Waals surface area (Å²) in [6, 6.07) is 9.76. The number of hydrogen-bond acceptors (Lipinski definition) is 3. The summed E-state index contributed by atoms with van der Waals surface area (Å²) in [4.78, 5) is 17.4. The number of nitrogens with zero attached hydrogens (tertiary/aromatic N) is 2. The molecule has 0 aliphatic rings. The molecule has 0 atom stereocenters. The van der Waals surface area contributed by atoms with Crippen LogP contribution in [0.5, 0.6) is 0 Å². The van der Waals surface area contributed by atoms with Gasteiger partial charge in [-0.25, -0.2) is 0 Å². The van der Waals surface area contributed by atoms with Crippen LogP contribution < -0.4 is 5.56 Å². The zero-order valence-electron chi connectivity index (χ0n) is 13.4. The summed E-state index contributed by atoms with van der Waals surface area (Å²) in [5.41, 5.74) is 2.54. The van der Waals surface area contributed by atoms with E-state index in [9.17, 15) is 4.79 Å². The number of hydrogen-bond donors (Lipinski definition) is 0. The normalized spacial score (nSPS) is 12.2. The van der Waals surface area contributed by atoms with Gasteiger partial charge in [-0.15, -0.1) is 0 Å². The maximum atomic E-state index is 12.9. The van der Waals surface area contributed by atoms with E-state index in [1.54, 1.807) is 11.7 Å². The first kappa shape index (κ1) is 14.7. The van der Waals surface area contributed by atoms with E-state index < -0.39 is 0 Å². The Balaban J connectivity index is 2.47. The molecule has 4 nitrogen and oxygen atoms in total. The first-order valence-electron chi connectivity index (χ1n) is 7.34. The molecule has 0 bridgehead atoms. The van der Waals surface area contributed by atoms with Crippen LogP contribution in [0.3, 0.4) is 0 Å². The Hall–Kier alpha value is -2.20. The average Bonchev–Trinajstić information content (AvgIpc) is 2.50. The topological polar surface area (TPSA) is 44.1 Å². The number of ether oxygens (including phenoxy) is 1. The molecule has 2 heterocycles. The summed E-state index contributed by atoms with van der Waals surface area (Å²) in [5, 5.41) is 1.61. The van der Waals surface area contributed by atoms with Gasteiger partial charge in [-0.2, -0.15) is 0 Å². The van der Waals surface area contributed by atoms with Gasteiger partial charge in [0.25, 0.3) is 5.56 Å². The highest BCUT2D eigenvalue weighted by Gasteiger charge is 2.17. The van der Waals surface area contributed by atoms with E-state index in [-0.39, 0.29) is 17.7 Å². The number of benzene rings is 1. The molecule has 22 heavy (non-hydrogen) atoms. The van der Waals surface area contributed by atoms with E-state index >= 15 is 0 Å². The number of methoxy groups -OCH3 is 1. The molecule has 0 aliphatic carbocycles. The van der Waals surface area contributed by atoms with Crippen LogP contribution in [0.1, 0.15) is 26.3 Å². The first-order valence-corrected chi connectivity index (χ1v) is 7.34. The van der Waals surface area contributed by atoms with E-state index in [1.807, 2.05) is 36.5 Å². The van der Waals surface area contributed by atoms with E-state index in [2.05, 4.69) is 25.8 Å². The van der Waals surface area contributed by atoms with Crippen LogP contribution in [0.25, 0.3) is 21.8 Å². The molecule has 0 amide bonds. The molecule has 2 aromatic heterocycles. The Morgan fingerprint density at radius 3 is 2.59 bits per heavy atom. The van der Waals surface area contributed by atoms with E-state index in [0.717, 1.165) is 22.0 Å². The second-order valence-corrected chi connectivity index (χ2v) is 6.54. The Morgan fingerprint density at radius 2 is 1.91 bits per heavy atom. The van der Waals surface area contributed by atoms with Crippen molar-refractivity contribution >= 4 is 21.8 Å².